The summed E-state index contributed by atoms with van der Waals surface area (Å²) in [6.45, 7) is 4.52. The lowest BCUT2D eigenvalue weighted by atomic mass is 10.3. The van der Waals surface area contributed by atoms with Crippen LogP contribution >= 0.6 is 0 Å². The summed E-state index contributed by atoms with van der Waals surface area (Å²) >= 11 is 0. The van der Waals surface area contributed by atoms with Gasteiger partial charge in [-0.1, -0.05) is 12.6 Å². The van der Waals surface area contributed by atoms with Crippen molar-refractivity contribution < 1.29 is 73.6 Å². The molecule has 1 aromatic heterocycles. The van der Waals surface area contributed by atoms with Gasteiger partial charge in [0.25, 0.3) is 0 Å². The second-order valence-electron chi connectivity index (χ2n) is 3.84. The third-order valence-electron chi connectivity index (χ3n) is 1.12. The van der Waals surface area contributed by atoms with Crippen molar-refractivity contribution in [1.82, 2.24) is 0 Å². The van der Waals surface area contributed by atoms with E-state index in [9.17, 15) is 69.1 Å². The maximum atomic E-state index is 9.75. The SMILES string of the molecule is C=CC[n+]1ccccc1.F[B-](F)(F)F.F[B-](F)(F)F.F[B-](F)(F)F.F[B-](F)(F)F. The fraction of sp³-hybridized carbons (Fsp3) is 0.125. The fourth-order valence-electron chi connectivity index (χ4n) is 0.705. The van der Waals surface area contributed by atoms with Crippen molar-refractivity contribution in [3.05, 3.63) is 43.2 Å². The first kappa shape index (κ1) is 34.5. The highest BCUT2D eigenvalue weighted by Gasteiger charge is 2.21. The highest BCUT2D eigenvalue weighted by molar-refractivity contribution is 6.50. The van der Waals surface area contributed by atoms with Crippen molar-refractivity contribution in [2.45, 2.75) is 6.54 Å². The highest BCUT2D eigenvalue weighted by Crippen LogP contribution is 2.08. The molecule has 29 heavy (non-hydrogen) atoms. The average Bonchev–Trinajstić information content (AvgIpc) is 2.32. The van der Waals surface area contributed by atoms with Gasteiger partial charge in [-0.05, 0) is 6.08 Å². The maximum absolute atomic E-state index is 9.75. The zero-order chi connectivity index (χ0) is 24.5. The van der Waals surface area contributed by atoms with Crippen LogP contribution in [0, 0.1) is 0 Å². The standard InChI is InChI=1S/C8H10N.4BF4/c1-2-6-9-7-4-3-5-8-9;4*2-1(3,4)5/h2-5,7-8H,1,6H2;;;;/q+1;4*-1. The summed E-state index contributed by atoms with van der Waals surface area (Å²) in [5.74, 6) is 0. The highest BCUT2D eigenvalue weighted by atomic mass is 19.5. The zero-order valence-corrected chi connectivity index (χ0v) is 13.7. The van der Waals surface area contributed by atoms with Gasteiger partial charge in [0.15, 0.2) is 18.9 Å². The number of nitrogens with zero attached hydrogens (tertiary/aromatic N) is 1. The quantitative estimate of drug-likeness (QED) is 0.206. The van der Waals surface area contributed by atoms with E-state index in [-0.39, 0.29) is 0 Å². The molecule has 0 saturated carbocycles. The summed E-state index contributed by atoms with van der Waals surface area (Å²) in [4.78, 5) is 0. The average molecular weight is 467 g/mol. The van der Waals surface area contributed by atoms with Crippen molar-refractivity contribution in [2.24, 2.45) is 0 Å². The number of halogens is 16. The van der Waals surface area contributed by atoms with E-state index in [1.165, 1.54) is 0 Å². The van der Waals surface area contributed by atoms with Gasteiger partial charge in [-0.3, -0.25) is 0 Å². The van der Waals surface area contributed by atoms with Gasteiger partial charge in [0.05, 0.1) is 0 Å². The predicted molar refractivity (Wildman–Crippen MR) is 77.6 cm³/mol. The summed E-state index contributed by atoms with van der Waals surface area (Å²) in [6, 6.07) is 6.01. The molecule has 0 atom stereocenters. The van der Waals surface area contributed by atoms with Crippen molar-refractivity contribution in [3.8, 4) is 0 Å². The summed E-state index contributed by atoms with van der Waals surface area (Å²) in [5, 5.41) is 0. The molecule has 1 nitrogen and oxygen atoms in total. The van der Waals surface area contributed by atoms with E-state index in [1.807, 2.05) is 36.7 Å². The Hall–Kier alpha value is -1.97. The minimum atomic E-state index is -6.00. The van der Waals surface area contributed by atoms with Crippen LogP contribution in [0.25, 0.3) is 0 Å². The van der Waals surface area contributed by atoms with Crippen LogP contribution in [0.3, 0.4) is 0 Å². The summed E-state index contributed by atoms with van der Waals surface area (Å²) in [6.07, 6.45) is 5.91. The lowest BCUT2D eigenvalue weighted by Crippen LogP contribution is -2.30. The van der Waals surface area contributed by atoms with Gasteiger partial charge in [-0.25, -0.2) is 4.57 Å². The Morgan fingerprint density at radius 1 is 0.517 bits per heavy atom. The molecule has 0 aliphatic carbocycles. The van der Waals surface area contributed by atoms with Crippen LogP contribution in [0.15, 0.2) is 43.2 Å². The monoisotopic (exact) mass is 468 g/mol. The molecular formula is C8H10B4F16N-3. The van der Waals surface area contributed by atoms with Crippen molar-refractivity contribution in [2.75, 3.05) is 0 Å². The first-order chi connectivity index (χ1) is 12.4. The molecule has 0 aromatic carbocycles. The molecule has 0 unspecified atom stereocenters. The molecule has 1 heterocycles. The Morgan fingerprint density at radius 3 is 0.897 bits per heavy atom. The molecule has 0 radical (unpaired) electrons. The summed E-state index contributed by atoms with van der Waals surface area (Å²) < 4.78 is 158. The normalized spacial score (nSPS) is 11.0. The topological polar surface area (TPSA) is 3.88 Å². The third kappa shape index (κ3) is 184. The molecule has 0 fully saturated rings. The largest absolute Gasteiger partial charge is 0.673 e. The lowest BCUT2D eigenvalue weighted by molar-refractivity contribution is -0.687. The molecular weight excluding hydrogens is 457 g/mol. The van der Waals surface area contributed by atoms with Crippen LogP contribution in [0.5, 0.6) is 0 Å². The van der Waals surface area contributed by atoms with E-state index in [1.54, 1.807) is 0 Å². The minimum Gasteiger partial charge on any atom is -0.418 e. The Kier molecular flexibility index (Phi) is 18.9. The Morgan fingerprint density at radius 2 is 0.724 bits per heavy atom. The van der Waals surface area contributed by atoms with E-state index in [0.29, 0.717) is 0 Å². The van der Waals surface area contributed by atoms with Crippen LogP contribution in [0.2, 0.25) is 0 Å². The number of allylic oxidation sites excluding steroid dienone is 1. The summed E-state index contributed by atoms with van der Waals surface area (Å²) in [7, 11) is -24.0. The van der Waals surface area contributed by atoms with E-state index < -0.39 is 29.0 Å². The minimum absolute atomic E-state index is 0.890. The van der Waals surface area contributed by atoms with Crippen LogP contribution in [-0.2, 0) is 6.54 Å². The van der Waals surface area contributed by atoms with E-state index in [2.05, 4.69) is 11.1 Å². The van der Waals surface area contributed by atoms with Gasteiger partial charge in [0, 0.05) is 12.1 Å². The predicted octanol–water partition coefficient (Wildman–Crippen LogP) is 6.36. The molecule has 21 heteroatoms. The van der Waals surface area contributed by atoms with Gasteiger partial charge in [0.2, 0.25) is 0 Å². The maximum Gasteiger partial charge on any atom is 0.673 e. The van der Waals surface area contributed by atoms with E-state index >= 15 is 0 Å². The second kappa shape index (κ2) is 15.9. The van der Waals surface area contributed by atoms with E-state index in [4.69, 9.17) is 0 Å². The van der Waals surface area contributed by atoms with Crippen molar-refractivity contribution >= 4 is 29.0 Å². The molecule has 0 aliphatic rings. The van der Waals surface area contributed by atoms with Gasteiger partial charge < -0.3 is 69.1 Å². The van der Waals surface area contributed by atoms with Gasteiger partial charge >= 0.3 is 29.0 Å². The van der Waals surface area contributed by atoms with Crippen LogP contribution < -0.4 is 4.57 Å². The number of hydrogen-bond donors (Lipinski definition) is 0. The van der Waals surface area contributed by atoms with Crippen LogP contribution in [0.1, 0.15) is 0 Å². The Balaban J connectivity index is -0.000000140. The van der Waals surface area contributed by atoms with Gasteiger partial charge in [-0.15, -0.1) is 0 Å². The van der Waals surface area contributed by atoms with Gasteiger partial charge in [-0.2, -0.15) is 0 Å². The van der Waals surface area contributed by atoms with E-state index in [0.717, 1.165) is 6.54 Å². The number of aromatic nitrogens is 1. The molecule has 0 spiro atoms. The first-order valence-corrected chi connectivity index (χ1v) is 6.47. The lowest BCUT2D eigenvalue weighted by Gasteiger charge is -1.94. The first-order valence-electron chi connectivity index (χ1n) is 6.47. The summed E-state index contributed by atoms with van der Waals surface area (Å²) in [5.41, 5.74) is 0. The third-order valence-corrected chi connectivity index (χ3v) is 1.12. The number of hydrogen-bond acceptors (Lipinski definition) is 0. The van der Waals surface area contributed by atoms with Crippen molar-refractivity contribution in [1.29, 1.82) is 0 Å². The molecule has 1 aromatic rings. The molecule has 1 rings (SSSR count). The second-order valence-corrected chi connectivity index (χ2v) is 3.84. The molecule has 0 saturated heterocycles. The smallest absolute Gasteiger partial charge is 0.418 e. The van der Waals surface area contributed by atoms with Gasteiger partial charge in [0.1, 0.15) is 0 Å². The number of rotatable bonds is 2. The molecule has 174 valence electrons. The molecule has 0 N–H and O–H groups in total. The van der Waals surface area contributed by atoms with Crippen molar-refractivity contribution in [3.63, 3.8) is 0 Å². The van der Waals surface area contributed by atoms with Crippen LogP contribution in [-0.4, -0.2) is 29.0 Å². The molecule has 0 amide bonds. The number of pyridine rings is 1. The Labute approximate surface area is 153 Å². The van der Waals surface area contributed by atoms with Crippen LogP contribution in [0.4, 0.5) is 69.1 Å². The molecule has 0 aliphatic heterocycles. The Bertz CT molecular complexity index is 423. The fourth-order valence-corrected chi connectivity index (χ4v) is 0.705. The molecule has 0 bridgehead atoms. The zero-order valence-electron chi connectivity index (χ0n) is 13.7.